The lowest BCUT2D eigenvalue weighted by Gasteiger charge is -2.29. The molecule has 1 heterocycles. The fraction of sp³-hybridized carbons (Fsp3) is 0.583. The lowest BCUT2D eigenvalue weighted by molar-refractivity contribution is -0.159. The van der Waals surface area contributed by atoms with Crippen LogP contribution < -0.4 is 0 Å². The van der Waals surface area contributed by atoms with Crippen LogP contribution in [0.4, 0.5) is 0 Å². The quantitative estimate of drug-likeness (QED) is 0.514. The van der Waals surface area contributed by atoms with Gasteiger partial charge in [0.05, 0.1) is 17.4 Å². The number of nitriles is 1. The first kappa shape index (κ1) is 10.3. The van der Waals surface area contributed by atoms with Gasteiger partial charge >= 0.3 is 11.9 Å². The van der Waals surface area contributed by atoms with Crippen LogP contribution in [0, 0.1) is 28.6 Å². The monoisotopic (exact) mass is 233 g/mol. The van der Waals surface area contributed by atoms with Crippen molar-refractivity contribution in [1.29, 1.82) is 5.26 Å². The van der Waals surface area contributed by atoms with E-state index in [1.165, 1.54) is 0 Å². The molecule has 0 radical (unpaired) electrons. The molecule has 0 N–H and O–H groups in total. The number of esters is 2. The van der Waals surface area contributed by atoms with Crippen LogP contribution in [-0.2, 0) is 19.1 Å². The van der Waals surface area contributed by atoms with E-state index in [1.807, 2.05) is 0 Å². The Balaban J connectivity index is 1.94. The molecule has 1 saturated heterocycles. The molecule has 17 heavy (non-hydrogen) atoms. The van der Waals surface area contributed by atoms with Crippen LogP contribution in [0.25, 0.3) is 0 Å². The third-order valence-electron chi connectivity index (χ3n) is 4.15. The van der Waals surface area contributed by atoms with E-state index in [1.54, 1.807) is 0 Å². The average Bonchev–Trinajstić information content (AvgIpc) is 2.90. The number of carbonyl (C=O) groups is 2. The predicted molar refractivity (Wildman–Crippen MR) is 54.2 cm³/mol. The van der Waals surface area contributed by atoms with Crippen LogP contribution in [0.15, 0.2) is 12.7 Å². The van der Waals surface area contributed by atoms with Crippen molar-refractivity contribution in [2.45, 2.75) is 25.0 Å². The van der Waals surface area contributed by atoms with Crippen molar-refractivity contribution >= 4 is 11.9 Å². The second-order valence-corrected chi connectivity index (χ2v) is 4.91. The number of rotatable bonds is 2. The van der Waals surface area contributed by atoms with Crippen LogP contribution in [0.2, 0.25) is 0 Å². The van der Waals surface area contributed by atoms with E-state index < -0.39 is 23.6 Å². The number of fused-ring (bicyclic) bond motifs is 1. The lowest BCUT2D eigenvalue weighted by Crippen LogP contribution is -2.41. The molecule has 2 saturated carbocycles. The normalized spacial score (nSPS) is 45.2. The minimum absolute atomic E-state index is 0.0322. The average molecular weight is 233 g/mol. The van der Waals surface area contributed by atoms with E-state index in [-0.39, 0.29) is 17.8 Å². The van der Waals surface area contributed by atoms with Gasteiger partial charge in [0, 0.05) is 12.0 Å². The van der Waals surface area contributed by atoms with Gasteiger partial charge in [-0.15, -0.1) is 0 Å². The summed E-state index contributed by atoms with van der Waals surface area (Å²) in [6.07, 6.45) is 1.01. The van der Waals surface area contributed by atoms with Crippen LogP contribution in [0.5, 0.6) is 0 Å². The van der Waals surface area contributed by atoms with Crippen molar-refractivity contribution in [3.63, 3.8) is 0 Å². The van der Waals surface area contributed by atoms with Gasteiger partial charge in [0.25, 0.3) is 0 Å². The largest absolute Gasteiger partial charge is 0.458 e. The Morgan fingerprint density at radius 2 is 2.41 bits per heavy atom. The summed E-state index contributed by atoms with van der Waals surface area (Å²) in [5.74, 6) is -0.978. The molecule has 0 aromatic carbocycles. The highest BCUT2D eigenvalue weighted by Crippen LogP contribution is 2.62. The van der Waals surface area contributed by atoms with E-state index in [4.69, 9.17) is 9.47 Å². The lowest BCUT2D eigenvalue weighted by atomic mass is 9.79. The molecular formula is C12H11NO4. The van der Waals surface area contributed by atoms with Crippen molar-refractivity contribution in [3.8, 4) is 6.07 Å². The SMILES string of the molecule is C=CC(=O)OC1C2OC(=O)C3CC1(C#N)CC32. The van der Waals surface area contributed by atoms with Gasteiger partial charge in [-0.3, -0.25) is 4.79 Å². The molecule has 3 fully saturated rings. The fourth-order valence-electron chi connectivity index (χ4n) is 3.44. The Hall–Kier alpha value is -1.83. The molecule has 0 aromatic rings. The molecule has 0 aromatic heterocycles. The molecule has 5 atom stereocenters. The summed E-state index contributed by atoms with van der Waals surface area (Å²) in [6.45, 7) is 3.32. The minimum Gasteiger partial charge on any atom is -0.458 e. The maximum absolute atomic E-state index is 11.6. The number of nitrogens with zero attached hydrogens (tertiary/aromatic N) is 1. The van der Waals surface area contributed by atoms with Crippen molar-refractivity contribution in [2.24, 2.45) is 17.3 Å². The summed E-state index contributed by atoms with van der Waals surface area (Å²) in [5.41, 5.74) is -0.745. The van der Waals surface area contributed by atoms with Gasteiger partial charge < -0.3 is 9.47 Å². The molecule has 0 spiro atoms. The van der Waals surface area contributed by atoms with Crippen LogP contribution in [0.3, 0.4) is 0 Å². The first-order chi connectivity index (χ1) is 8.11. The zero-order valence-corrected chi connectivity index (χ0v) is 9.09. The topological polar surface area (TPSA) is 76.4 Å². The first-order valence-corrected chi connectivity index (χ1v) is 5.56. The Labute approximate surface area is 98.0 Å². The van der Waals surface area contributed by atoms with Gasteiger partial charge in [-0.05, 0) is 12.8 Å². The highest BCUT2D eigenvalue weighted by atomic mass is 16.6. The van der Waals surface area contributed by atoms with Crippen molar-refractivity contribution in [3.05, 3.63) is 12.7 Å². The van der Waals surface area contributed by atoms with Gasteiger partial charge in [-0.2, -0.15) is 5.26 Å². The highest BCUT2D eigenvalue weighted by Gasteiger charge is 2.71. The molecule has 5 nitrogen and oxygen atoms in total. The number of hydrogen-bond donors (Lipinski definition) is 0. The molecule has 5 unspecified atom stereocenters. The molecule has 3 aliphatic rings. The minimum atomic E-state index is -0.745. The number of ether oxygens (including phenoxy) is 2. The molecule has 3 rings (SSSR count). The second kappa shape index (κ2) is 3.10. The fourth-order valence-corrected chi connectivity index (χ4v) is 3.44. The van der Waals surface area contributed by atoms with Crippen molar-refractivity contribution in [2.75, 3.05) is 0 Å². The molecule has 2 aliphatic carbocycles. The summed E-state index contributed by atoms with van der Waals surface area (Å²) in [7, 11) is 0. The Kier molecular flexibility index (Phi) is 1.88. The molecule has 2 bridgehead atoms. The third-order valence-corrected chi connectivity index (χ3v) is 4.15. The summed E-state index contributed by atoms with van der Waals surface area (Å²) in [5, 5.41) is 9.31. The van der Waals surface area contributed by atoms with Gasteiger partial charge in [0.15, 0.2) is 6.10 Å². The highest BCUT2D eigenvalue weighted by molar-refractivity contribution is 5.82. The first-order valence-electron chi connectivity index (χ1n) is 5.56. The summed E-state index contributed by atoms with van der Waals surface area (Å²) >= 11 is 0. The van der Waals surface area contributed by atoms with Crippen LogP contribution in [0.1, 0.15) is 12.8 Å². The Bertz CT molecular complexity index is 466. The van der Waals surface area contributed by atoms with Crippen molar-refractivity contribution < 1.29 is 19.1 Å². The summed E-state index contributed by atoms with van der Waals surface area (Å²) < 4.78 is 10.4. The van der Waals surface area contributed by atoms with Crippen LogP contribution in [-0.4, -0.2) is 24.1 Å². The third kappa shape index (κ3) is 1.13. The Morgan fingerprint density at radius 1 is 1.65 bits per heavy atom. The Morgan fingerprint density at radius 3 is 3.06 bits per heavy atom. The van der Waals surface area contributed by atoms with E-state index >= 15 is 0 Å². The van der Waals surface area contributed by atoms with Gasteiger partial charge in [0.1, 0.15) is 6.10 Å². The standard InChI is InChI=1S/C12H11NO4/c1-2-8(14)16-10-9-6-3-12(10,5-13)4-7(6)11(15)17-9/h2,6-7,9-10H,1,3-4H2. The molecule has 88 valence electrons. The van der Waals surface area contributed by atoms with E-state index in [0.29, 0.717) is 12.8 Å². The van der Waals surface area contributed by atoms with Crippen molar-refractivity contribution in [1.82, 2.24) is 0 Å². The van der Waals surface area contributed by atoms with E-state index in [0.717, 1.165) is 6.08 Å². The van der Waals surface area contributed by atoms with Gasteiger partial charge in [-0.1, -0.05) is 6.58 Å². The van der Waals surface area contributed by atoms with Gasteiger partial charge in [-0.25, -0.2) is 4.79 Å². The summed E-state index contributed by atoms with van der Waals surface area (Å²) in [4.78, 5) is 22.8. The molecule has 1 aliphatic heterocycles. The smallest absolute Gasteiger partial charge is 0.330 e. The summed E-state index contributed by atoms with van der Waals surface area (Å²) in [6, 6.07) is 2.23. The van der Waals surface area contributed by atoms with Crippen LogP contribution >= 0.6 is 0 Å². The maximum Gasteiger partial charge on any atom is 0.330 e. The number of hydrogen-bond acceptors (Lipinski definition) is 5. The predicted octanol–water partition coefficient (Wildman–Crippen LogP) is 0.559. The molecule has 0 amide bonds. The van der Waals surface area contributed by atoms with E-state index in [9.17, 15) is 14.9 Å². The zero-order chi connectivity index (χ0) is 12.2. The maximum atomic E-state index is 11.6. The molecule has 5 heteroatoms. The molecular weight excluding hydrogens is 222 g/mol. The number of carbonyl (C=O) groups excluding carboxylic acids is 2. The second-order valence-electron chi connectivity index (χ2n) is 4.91. The zero-order valence-electron chi connectivity index (χ0n) is 9.09. The van der Waals surface area contributed by atoms with Gasteiger partial charge in [0.2, 0.25) is 0 Å². The van der Waals surface area contributed by atoms with E-state index in [2.05, 4.69) is 12.6 Å².